The number of hydrogen-bond acceptors (Lipinski definition) is 4. The van der Waals surface area contributed by atoms with Crippen molar-refractivity contribution in [1.29, 1.82) is 0 Å². The van der Waals surface area contributed by atoms with Gasteiger partial charge in [0.15, 0.2) is 0 Å². The van der Waals surface area contributed by atoms with Crippen molar-refractivity contribution in [2.24, 2.45) is 0 Å². The molecule has 2 aliphatic rings. The molecule has 2 aliphatic heterocycles. The van der Waals surface area contributed by atoms with Gasteiger partial charge in [0.05, 0.1) is 5.54 Å². The molecule has 4 rings (SSSR count). The monoisotopic (exact) mass is 395 g/mol. The number of rotatable bonds is 4. The van der Waals surface area contributed by atoms with Gasteiger partial charge in [-0.25, -0.2) is 9.87 Å². The summed E-state index contributed by atoms with van der Waals surface area (Å²) in [5.41, 5.74) is 3.83. The molecule has 0 bridgehead atoms. The van der Waals surface area contributed by atoms with Crippen LogP contribution in [0.2, 0.25) is 0 Å². The molecule has 2 heterocycles. The van der Waals surface area contributed by atoms with Gasteiger partial charge < -0.3 is 9.80 Å². The normalized spacial score (nSPS) is 17.6. The minimum atomic E-state index is -0.587. The van der Waals surface area contributed by atoms with E-state index in [0.717, 1.165) is 30.6 Å². The molecule has 2 aromatic carbocycles. The first kappa shape index (κ1) is 19.1. The number of anilines is 1. The van der Waals surface area contributed by atoms with Crippen LogP contribution < -0.4 is 10.4 Å². The minimum Gasteiger partial charge on any atom is -0.362 e. The van der Waals surface area contributed by atoms with Gasteiger partial charge >= 0.3 is 0 Å². The molecular weight excluding hydrogens is 373 g/mol. The molecule has 6 nitrogen and oxygen atoms in total. The lowest BCUT2D eigenvalue weighted by molar-refractivity contribution is -0.124. The van der Waals surface area contributed by atoms with E-state index in [9.17, 15) is 14.0 Å². The van der Waals surface area contributed by atoms with Gasteiger partial charge in [-0.3, -0.25) is 14.8 Å². The molecule has 1 spiro atoms. The zero-order valence-corrected chi connectivity index (χ0v) is 15.8. The highest BCUT2D eigenvalue weighted by molar-refractivity contribution is 5.95. The zero-order valence-electron chi connectivity index (χ0n) is 15.8. The maximum absolute atomic E-state index is 13.1. The molecule has 0 radical (unpaired) electrons. The van der Waals surface area contributed by atoms with Crippen LogP contribution in [0.5, 0.6) is 0 Å². The maximum atomic E-state index is 13.1. The van der Waals surface area contributed by atoms with Gasteiger partial charge in [-0.05, 0) is 54.8 Å². The van der Waals surface area contributed by atoms with Crippen LogP contribution in [0.15, 0.2) is 54.6 Å². The van der Waals surface area contributed by atoms with E-state index in [1.807, 2.05) is 24.3 Å². The molecule has 0 atom stereocenters. The molecular formula is C22H22FN3O3. The second-order valence-electron chi connectivity index (χ2n) is 7.52. The van der Waals surface area contributed by atoms with Gasteiger partial charge in [0.1, 0.15) is 5.82 Å². The quantitative estimate of drug-likeness (QED) is 0.474. The summed E-state index contributed by atoms with van der Waals surface area (Å²) < 4.78 is 13.1. The Bertz CT molecular complexity index is 952. The lowest BCUT2D eigenvalue weighted by Gasteiger charge is -2.53. The van der Waals surface area contributed by atoms with Crippen LogP contribution in [0.1, 0.15) is 28.8 Å². The smallest absolute Gasteiger partial charge is 0.267 e. The Morgan fingerprint density at radius 1 is 1.10 bits per heavy atom. The Hall–Kier alpha value is -3.19. The highest BCUT2D eigenvalue weighted by Crippen LogP contribution is 2.42. The molecule has 29 heavy (non-hydrogen) atoms. The lowest BCUT2D eigenvalue weighted by atomic mass is 9.85. The summed E-state index contributed by atoms with van der Waals surface area (Å²) in [5.74, 6) is -1.03. The van der Waals surface area contributed by atoms with Crippen LogP contribution in [-0.4, -0.2) is 47.1 Å². The SMILES string of the molecule is O=C(C=Cc1ccccc1N1CCCC12CN(C(=O)c1ccc(F)cc1)C2)NO. The molecule has 0 saturated carbocycles. The Balaban J connectivity index is 1.53. The summed E-state index contributed by atoms with van der Waals surface area (Å²) in [6, 6.07) is 13.4. The highest BCUT2D eigenvalue weighted by atomic mass is 19.1. The second kappa shape index (κ2) is 7.67. The summed E-state index contributed by atoms with van der Waals surface area (Å²) in [5, 5.41) is 8.69. The van der Waals surface area contributed by atoms with Crippen molar-refractivity contribution in [3.05, 3.63) is 71.6 Å². The highest BCUT2D eigenvalue weighted by Gasteiger charge is 2.52. The fourth-order valence-electron chi connectivity index (χ4n) is 4.30. The van der Waals surface area contributed by atoms with Crippen molar-refractivity contribution in [3.8, 4) is 0 Å². The zero-order chi connectivity index (χ0) is 20.4. The number of para-hydroxylation sites is 1. The van der Waals surface area contributed by atoms with Crippen LogP contribution in [0.3, 0.4) is 0 Å². The number of halogens is 1. The Morgan fingerprint density at radius 2 is 1.83 bits per heavy atom. The number of carbonyl (C=O) groups excluding carboxylic acids is 2. The average Bonchev–Trinajstić information content (AvgIpc) is 3.16. The molecule has 150 valence electrons. The molecule has 7 heteroatoms. The molecule has 0 aliphatic carbocycles. The number of hydroxylamine groups is 1. The molecule has 2 fully saturated rings. The number of benzene rings is 2. The number of nitrogens with zero attached hydrogens (tertiary/aromatic N) is 2. The van der Waals surface area contributed by atoms with E-state index in [2.05, 4.69) is 4.90 Å². The van der Waals surface area contributed by atoms with Gasteiger partial charge in [0, 0.05) is 37.0 Å². The Morgan fingerprint density at radius 3 is 2.55 bits per heavy atom. The fraction of sp³-hybridized carbons (Fsp3) is 0.273. The van der Waals surface area contributed by atoms with Gasteiger partial charge in [-0.2, -0.15) is 0 Å². The number of nitrogens with one attached hydrogen (secondary N) is 1. The van der Waals surface area contributed by atoms with Crippen LogP contribution >= 0.6 is 0 Å². The first-order valence-corrected chi connectivity index (χ1v) is 9.56. The largest absolute Gasteiger partial charge is 0.362 e. The third-order valence-electron chi connectivity index (χ3n) is 5.70. The van der Waals surface area contributed by atoms with E-state index in [1.165, 1.54) is 30.3 Å². The van der Waals surface area contributed by atoms with E-state index in [4.69, 9.17) is 5.21 Å². The van der Waals surface area contributed by atoms with E-state index in [0.29, 0.717) is 18.7 Å². The Kier molecular flexibility index (Phi) is 5.07. The van der Waals surface area contributed by atoms with Crippen molar-refractivity contribution in [3.63, 3.8) is 0 Å². The third kappa shape index (κ3) is 3.61. The lowest BCUT2D eigenvalue weighted by Crippen LogP contribution is -2.69. The van der Waals surface area contributed by atoms with Crippen molar-refractivity contribution in [1.82, 2.24) is 10.4 Å². The van der Waals surface area contributed by atoms with Crippen LogP contribution in [-0.2, 0) is 4.79 Å². The number of carbonyl (C=O) groups is 2. The minimum absolute atomic E-state index is 0.0877. The second-order valence-corrected chi connectivity index (χ2v) is 7.52. The van der Waals surface area contributed by atoms with E-state index >= 15 is 0 Å². The Labute approximate surface area is 168 Å². The van der Waals surface area contributed by atoms with Gasteiger partial charge in [-0.1, -0.05) is 18.2 Å². The summed E-state index contributed by atoms with van der Waals surface area (Å²) in [4.78, 5) is 28.2. The predicted molar refractivity (Wildman–Crippen MR) is 107 cm³/mol. The average molecular weight is 395 g/mol. The van der Waals surface area contributed by atoms with Gasteiger partial charge in [0.2, 0.25) is 0 Å². The number of likely N-dealkylation sites (tertiary alicyclic amines) is 1. The van der Waals surface area contributed by atoms with Crippen LogP contribution in [0.25, 0.3) is 6.08 Å². The third-order valence-corrected chi connectivity index (χ3v) is 5.70. The standard InChI is InChI=1S/C22H22FN3O3/c23-18-9-6-17(7-10-18)21(28)25-14-22(15-25)12-3-13-26(22)19-5-2-1-4-16(19)8-11-20(27)24-29/h1-2,4-11,29H,3,12-15H2,(H,24,27). The molecule has 2 aromatic rings. The van der Waals surface area contributed by atoms with E-state index < -0.39 is 5.91 Å². The maximum Gasteiger partial charge on any atom is 0.267 e. The van der Waals surface area contributed by atoms with Crippen molar-refractivity contribution in [2.45, 2.75) is 18.4 Å². The topological polar surface area (TPSA) is 72.9 Å². The molecule has 0 unspecified atom stereocenters. The summed E-state index contributed by atoms with van der Waals surface area (Å²) >= 11 is 0. The molecule has 2 saturated heterocycles. The van der Waals surface area contributed by atoms with Crippen molar-refractivity contribution >= 4 is 23.6 Å². The summed E-state index contributed by atoms with van der Waals surface area (Å²) in [6.45, 7) is 2.09. The van der Waals surface area contributed by atoms with Gasteiger partial charge in [-0.15, -0.1) is 0 Å². The fourth-order valence-corrected chi connectivity index (χ4v) is 4.30. The summed E-state index contributed by atoms with van der Waals surface area (Å²) in [7, 11) is 0. The first-order valence-electron chi connectivity index (χ1n) is 9.56. The van der Waals surface area contributed by atoms with Crippen molar-refractivity contribution in [2.75, 3.05) is 24.5 Å². The van der Waals surface area contributed by atoms with Gasteiger partial charge in [0.25, 0.3) is 11.8 Å². The van der Waals surface area contributed by atoms with Crippen molar-refractivity contribution < 1.29 is 19.2 Å². The predicted octanol–water partition coefficient (Wildman–Crippen LogP) is 2.84. The van der Waals surface area contributed by atoms with Crippen LogP contribution in [0.4, 0.5) is 10.1 Å². The van der Waals surface area contributed by atoms with E-state index in [1.54, 1.807) is 16.5 Å². The number of amides is 2. The van der Waals surface area contributed by atoms with E-state index in [-0.39, 0.29) is 17.3 Å². The molecule has 2 amide bonds. The molecule has 2 N–H and O–H groups in total. The summed E-state index contributed by atoms with van der Waals surface area (Å²) in [6.07, 6.45) is 4.96. The molecule has 0 aromatic heterocycles. The number of hydrogen-bond donors (Lipinski definition) is 2. The van der Waals surface area contributed by atoms with Crippen LogP contribution in [0, 0.1) is 5.82 Å². The first-order chi connectivity index (χ1) is 14.0.